The number of aliphatic hydroxyl groups excluding tert-OH is 1. The molecule has 3 aromatic carbocycles. The minimum Gasteiger partial charge on any atom is -0.507 e. The molecule has 4 aromatic rings. The lowest BCUT2D eigenvalue weighted by atomic mass is 10.1. The lowest BCUT2D eigenvalue weighted by molar-refractivity contribution is -0.126. The molecular weight excluding hydrogens is 466 g/mol. The zero-order valence-electron chi connectivity index (χ0n) is 20.0. The number of amides is 1. The van der Waals surface area contributed by atoms with Gasteiger partial charge in [-0.2, -0.15) is 0 Å². The number of nitrogens with two attached hydrogens (primary N) is 1. The minimum absolute atomic E-state index is 0.0273. The predicted molar refractivity (Wildman–Crippen MR) is 135 cm³/mol. The number of aromatic nitrogens is 2. The van der Waals surface area contributed by atoms with E-state index in [9.17, 15) is 18.7 Å². The van der Waals surface area contributed by atoms with E-state index in [1.165, 1.54) is 30.3 Å². The monoisotopic (exact) mass is 494 g/mol. The maximum Gasteiger partial charge on any atom is 0.250 e. The molecule has 1 amide bonds. The molecule has 0 saturated heterocycles. The van der Waals surface area contributed by atoms with Crippen LogP contribution < -0.4 is 11.1 Å². The van der Waals surface area contributed by atoms with Crippen LogP contribution >= 0.6 is 0 Å². The van der Waals surface area contributed by atoms with Crippen LogP contribution in [0.5, 0.6) is 5.75 Å². The molecule has 36 heavy (non-hydrogen) atoms. The molecule has 1 atom stereocenters. The van der Waals surface area contributed by atoms with Crippen molar-refractivity contribution in [2.24, 2.45) is 5.73 Å². The van der Waals surface area contributed by atoms with Crippen molar-refractivity contribution in [1.29, 1.82) is 0 Å². The summed E-state index contributed by atoms with van der Waals surface area (Å²) in [6, 6.07) is 15.0. The fraction of sp³-hybridized carbons (Fsp3) is 0.222. The Morgan fingerprint density at radius 2 is 1.81 bits per heavy atom. The van der Waals surface area contributed by atoms with Crippen LogP contribution in [-0.2, 0) is 4.79 Å². The molecule has 1 unspecified atom stereocenters. The molecule has 0 bridgehead atoms. The molecular formula is C27H28F2N4O3. The quantitative estimate of drug-likeness (QED) is 0.268. The molecule has 0 radical (unpaired) electrons. The van der Waals surface area contributed by atoms with Crippen molar-refractivity contribution in [3.05, 3.63) is 83.4 Å². The SMILES string of the molecule is CCCCNc1nc(-c2c(O)cccc2F)nc2cc(C)ccc12.NC(=O)C(O)c1ccc(F)cc1. The predicted octanol–water partition coefficient (Wildman–Crippen LogP) is 5.01. The number of phenols is 1. The Morgan fingerprint density at radius 3 is 2.44 bits per heavy atom. The molecule has 7 nitrogen and oxygen atoms in total. The van der Waals surface area contributed by atoms with Crippen LogP contribution in [0.1, 0.15) is 37.0 Å². The average Bonchev–Trinajstić information content (AvgIpc) is 2.84. The number of phenolic OH excluding ortho intramolecular Hbond substituents is 1. The van der Waals surface area contributed by atoms with E-state index in [4.69, 9.17) is 10.8 Å². The number of hydrogen-bond acceptors (Lipinski definition) is 6. The fourth-order valence-electron chi connectivity index (χ4n) is 3.41. The normalized spacial score (nSPS) is 11.5. The number of halogens is 2. The van der Waals surface area contributed by atoms with Gasteiger partial charge < -0.3 is 21.3 Å². The number of aliphatic hydroxyl groups is 1. The summed E-state index contributed by atoms with van der Waals surface area (Å²) < 4.78 is 26.5. The van der Waals surface area contributed by atoms with Crippen molar-refractivity contribution in [2.45, 2.75) is 32.8 Å². The number of nitrogens with zero attached hydrogens (tertiary/aromatic N) is 2. The molecule has 0 saturated carbocycles. The van der Waals surface area contributed by atoms with Gasteiger partial charge in [0.15, 0.2) is 11.9 Å². The Labute approximate surface area is 207 Å². The Kier molecular flexibility index (Phi) is 8.86. The van der Waals surface area contributed by atoms with E-state index in [1.807, 2.05) is 25.1 Å². The number of rotatable bonds is 7. The molecule has 1 aromatic heterocycles. The standard InChI is InChI=1S/C19H20FN3O.C8H8FNO2/c1-3-4-10-21-18-13-9-8-12(2)11-15(13)22-19(23-18)17-14(20)6-5-7-16(17)24;9-6-3-1-5(2-4-6)7(11)8(10)12/h5-9,11,24H,3-4,10H2,1-2H3,(H,21,22,23);1-4,7,11H,(H2,10,12). The highest BCUT2D eigenvalue weighted by Crippen LogP contribution is 2.32. The van der Waals surface area contributed by atoms with Gasteiger partial charge in [0.2, 0.25) is 0 Å². The topological polar surface area (TPSA) is 121 Å². The Balaban J connectivity index is 0.000000253. The second kappa shape index (κ2) is 12.0. The van der Waals surface area contributed by atoms with E-state index in [1.54, 1.807) is 0 Å². The second-order valence-corrected chi connectivity index (χ2v) is 8.19. The largest absolute Gasteiger partial charge is 0.507 e. The first-order chi connectivity index (χ1) is 17.2. The number of carbonyl (C=O) groups excluding carboxylic acids is 1. The van der Waals surface area contributed by atoms with Crippen LogP contribution in [0.25, 0.3) is 22.3 Å². The highest BCUT2D eigenvalue weighted by molar-refractivity contribution is 5.91. The van der Waals surface area contributed by atoms with E-state index < -0.39 is 23.6 Å². The van der Waals surface area contributed by atoms with Gasteiger partial charge in [0.1, 0.15) is 23.2 Å². The second-order valence-electron chi connectivity index (χ2n) is 8.19. The van der Waals surface area contributed by atoms with Gasteiger partial charge in [0.05, 0.1) is 11.1 Å². The third-order valence-electron chi connectivity index (χ3n) is 5.35. The van der Waals surface area contributed by atoms with Crippen LogP contribution in [0.2, 0.25) is 0 Å². The van der Waals surface area contributed by atoms with Crippen LogP contribution in [0.3, 0.4) is 0 Å². The Bertz CT molecular complexity index is 1330. The smallest absolute Gasteiger partial charge is 0.250 e. The van der Waals surface area contributed by atoms with Crippen molar-refractivity contribution in [1.82, 2.24) is 9.97 Å². The molecule has 1 heterocycles. The third-order valence-corrected chi connectivity index (χ3v) is 5.35. The van der Waals surface area contributed by atoms with Gasteiger partial charge in [-0.25, -0.2) is 18.7 Å². The lowest BCUT2D eigenvalue weighted by Crippen LogP contribution is -2.20. The van der Waals surface area contributed by atoms with Crippen molar-refractivity contribution in [2.75, 3.05) is 11.9 Å². The number of anilines is 1. The number of aromatic hydroxyl groups is 1. The molecule has 4 rings (SSSR count). The fourth-order valence-corrected chi connectivity index (χ4v) is 3.41. The first-order valence-corrected chi connectivity index (χ1v) is 11.4. The van der Waals surface area contributed by atoms with Crippen molar-refractivity contribution in [3.8, 4) is 17.1 Å². The number of primary amides is 1. The summed E-state index contributed by atoms with van der Waals surface area (Å²) in [4.78, 5) is 19.4. The molecule has 0 fully saturated rings. The van der Waals surface area contributed by atoms with Gasteiger partial charge in [-0.1, -0.05) is 37.6 Å². The Morgan fingerprint density at radius 1 is 1.08 bits per heavy atom. The lowest BCUT2D eigenvalue weighted by Gasteiger charge is -2.12. The number of nitrogens with one attached hydrogen (secondary N) is 1. The first kappa shape index (κ1) is 26.5. The minimum atomic E-state index is -1.36. The molecule has 0 spiro atoms. The maximum absolute atomic E-state index is 14.2. The van der Waals surface area contributed by atoms with Gasteiger partial charge in [0, 0.05) is 11.9 Å². The Hall–Kier alpha value is -4.11. The van der Waals surface area contributed by atoms with Gasteiger partial charge in [0.25, 0.3) is 5.91 Å². The van der Waals surface area contributed by atoms with Gasteiger partial charge in [-0.3, -0.25) is 4.79 Å². The molecule has 0 aliphatic carbocycles. The molecule has 9 heteroatoms. The van der Waals surface area contributed by atoms with Crippen molar-refractivity contribution < 1.29 is 23.8 Å². The highest BCUT2D eigenvalue weighted by atomic mass is 19.1. The van der Waals surface area contributed by atoms with E-state index in [2.05, 4.69) is 22.2 Å². The zero-order chi connectivity index (χ0) is 26.2. The molecule has 5 N–H and O–H groups in total. The summed E-state index contributed by atoms with van der Waals surface area (Å²) in [5.41, 5.74) is 6.93. The summed E-state index contributed by atoms with van der Waals surface area (Å²) in [6.45, 7) is 4.87. The van der Waals surface area contributed by atoms with Crippen LogP contribution in [0.15, 0.2) is 60.7 Å². The number of aryl methyl sites for hydroxylation is 1. The van der Waals surface area contributed by atoms with E-state index >= 15 is 0 Å². The molecule has 0 aliphatic rings. The number of fused-ring (bicyclic) bond motifs is 1. The first-order valence-electron chi connectivity index (χ1n) is 11.4. The summed E-state index contributed by atoms with van der Waals surface area (Å²) in [6.07, 6.45) is 0.721. The van der Waals surface area contributed by atoms with Crippen molar-refractivity contribution in [3.63, 3.8) is 0 Å². The summed E-state index contributed by atoms with van der Waals surface area (Å²) in [5, 5.41) is 23.3. The van der Waals surface area contributed by atoms with Crippen LogP contribution in [0, 0.1) is 18.6 Å². The highest BCUT2D eigenvalue weighted by Gasteiger charge is 2.16. The number of hydrogen-bond donors (Lipinski definition) is 4. The number of benzene rings is 3. The summed E-state index contributed by atoms with van der Waals surface area (Å²) in [7, 11) is 0. The molecule has 0 aliphatic heterocycles. The van der Waals surface area contributed by atoms with Gasteiger partial charge >= 0.3 is 0 Å². The van der Waals surface area contributed by atoms with Gasteiger partial charge in [-0.05, 0) is 60.9 Å². The maximum atomic E-state index is 14.2. The third kappa shape index (κ3) is 6.51. The van der Waals surface area contributed by atoms with Crippen LogP contribution in [0.4, 0.5) is 14.6 Å². The van der Waals surface area contributed by atoms with E-state index in [0.717, 1.165) is 48.0 Å². The number of carbonyl (C=O) groups is 1. The zero-order valence-corrected chi connectivity index (χ0v) is 20.0. The van der Waals surface area contributed by atoms with E-state index in [0.29, 0.717) is 11.4 Å². The van der Waals surface area contributed by atoms with E-state index in [-0.39, 0.29) is 17.1 Å². The average molecular weight is 495 g/mol. The summed E-state index contributed by atoms with van der Waals surface area (Å²) >= 11 is 0. The summed E-state index contributed by atoms with van der Waals surface area (Å²) in [5.74, 6) is -1.13. The van der Waals surface area contributed by atoms with Crippen LogP contribution in [-0.4, -0.2) is 32.6 Å². The van der Waals surface area contributed by atoms with Gasteiger partial charge in [-0.15, -0.1) is 0 Å². The van der Waals surface area contributed by atoms with Crippen molar-refractivity contribution >= 4 is 22.6 Å². The molecule has 188 valence electrons. The number of unbranched alkanes of at least 4 members (excludes halogenated alkanes) is 1.